The summed E-state index contributed by atoms with van der Waals surface area (Å²) >= 11 is 0. The van der Waals surface area contributed by atoms with Crippen LogP contribution >= 0.6 is 0 Å². The summed E-state index contributed by atoms with van der Waals surface area (Å²) < 4.78 is 11.2. The summed E-state index contributed by atoms with van der Waals surface area (Å²) in [5.74, 6) is 0.481. The molecule has 4 aliphatic rings. The summed E-state index contributed by atoms with van der Waals surface area (Å²) in [5.41, 5.74) is 3.73. The van der Waals surface area contributed by atoms with Gasteiger partial charge in [0.1, 0.15) is 6.10 Å². The summed E-state index contributed by atoms with van der Waals surface area (Å²) in [5, 5.41) is 0. The predicted molar refractivity (Wildman–Crippen MR) is 107 cm³/mol. The highest BCUT2D eigenvalue weighted by molar-refractivity contribution is 5.80. The molecule has 3 fully saturated rings. The highest BCUT2D eigenvalue weighted by atomic mass is 16.6. The van der Waals surface area contributed by atoms with E-state index in [0.29, 0.717) is 24.4 Å². The van der Waals surface area contributed by atoms with Crippen LogP contribution in [0, 0.1) is 28.6 Å². The second-order valence-electron chi connectivity index (χ2n) is 10.7. The molecule has 156 valence electrons. The van der Waals surface area contributed by atoms with Gasteiger partial charge in [0.25, 0.3) is 0 Å². The Labute approximate surface area is 169 Å². The van der Waals surface area contributed by atoms with Crippen LogP contribution in [0.4, 0.5) is 0 Å². The van der Waals surface area contributed by atoms with Crippen LogP contribution in [0.25, 0.3) is 0 Å². The number of rotatable bonds is 5. The fraction of sp³-hybridized carbons (Fsp3) is 0.833. The Bertz CT molecular complexity index is 691. The number of carbonyl (C=O) groups is 2. The van der Waals surface area contributed by atoms with Crippen molar-refractivity contribution in [3.05, 3.63) is 11.1 Å². The molecule has 0 radical (unpaired) electrons. The van der Waals surface area contributed by atoms with E-state index < -0.39 is 0 Å². The van der Waals surface area contributed by atoms with Gasteiger partial charge in [-0.15, -0.1) is 0 Å². The first-order valence-corrected chi connectivity index (χ1v) is 11.3. The zero-order valence-corrected chi connectivity index (χ0v) is 18.0. The molecular weight excluding hydrogens is 352 g/mol. The normalized spacial score (nSPS) is 38.9. The molecule has 0 aromatic carbocycles. The van der Waals surface area contributed by atoms with Crippen molar-refractivity contribution < 1.29 is 19.1 Å². The molecule has 3 aliphatic carbocycles. The molecule has 0 bridgehead atoms. The lowest BCUT2D eigenvalue weighted by atomic mass is 9.58. The van der Waals surface area contributed by atoms with Gasteiger partial charge in [-0.2, -0.15) is 0 Å². The van der Waals surface area contributed by atoms with Crippen molar-refractivity contribution in [3.8, 4) is 0 Å². The third kappa shape index (κ3) is 3.41. The fourth-order valence-electron chi connectivity index (χ4n) is 6.81. The zero-order chi connectivity index (χ0) is 20.1. The van der Waals surface area contributed by atoms with Gasteiger partial charge in [0, 0.05) is 18.3 Å². The van der Waals surface area contributed by atoms with Crippen molar-refractivity contribution in [2.24, 2.45) is 28.6 Å². The maximum Gasteiger partial charge on any atom is 0.313 e. The van der Waals surface area contributed by atoms with E-state index in [2.05, 4.69) is 20.8 Å². The number of hydrogen-bond donors (Lipinski definition) is 0. The number of carbonyl (C=O) groups excluding carboxylic acids is 2. The molecule has 4 rings (SSSR count). The van der Waals surface area contributed by atoms with Crippen molar-refractivity contribution in [3.63, 3.8) is 0 Å². The molecule has 28 heavy (non-hydrogen) atoms. The van der Waals surface area contributed by atoms with E-state index in [9.17, 15) is 9.59 Å². The van der Waals surface area contributed by atoms with Gasteiger partial charge in [-0.25, -0.2) is 0 Å². The Morgan fingerprint density at radius 3 is 2.71 bits per heavy atom. The van der Waals surface area contributed by atoms with Gasteiger partial charge in [0.2, 0.25) is 0 Å². The molecule has 1 heterocycles. The molecule has 1 aliphatic heterocycles. The van der Waals surface area contributed by atoms with Gasteiger partial charge in [-0.05, 0) is 55.8 Å². The van der Waals surface area contributed by atoms with E-state index in [-0.39, 0.29) is 35.3 Å². The lowest BCUT2D eigenvalue weighted by molar-refractivity contribution is -0.187. The summed E-state index contributed by atoms with van der Waals surface area (Å²) in [4.78, 5) is 24.0. The first-order chi connectivity index (χ1) is 13.2. The summed E-state index contributed by atoms with van der Waals surface area (Å²) in [6.07, 6.45) is 9.39. The lowest BCUT2D eigenvalue weighted by Crippen LogP contribution is -2.47. The van der Waals surface area contributed by atoms with E-state index in [1.807, 2.05) is 6.92 Å². The van der Waals surface area contributed by atoms with E-state index >= 15 is 0 Å². The van der Waals surface area contributed by atoms with E-state index in [1.165, 1.54) is 31.3 Å². The van der Waals surface area contributed by atoms with Gasteiger partial charge < -0.3 is 9.47 Å². The SMILES string of the molecule is CCCC(=O)OCC1CCC([C@@]2(C)CCCC(C)(C)C2)=C2C[C@H]3C(=O)O[C@H]3C21. The first kappa shape index (κ1) is 20.0. The molecule has 0 aromatic heterocycles. The second kappa shape index (κ2) is 7.18. The van der Waals surface area contributed by atoms with Crippen LogP contribution < -0.4 is 0 Å². The van der Waals surface area contributed by atoms with Gasteiger partial charge in [-0.3, -0.25) is 9.59 Å². The molecule has 2 saturated carbocycles. The number of hydrogen-bond acceptors (Lipinski definition) is 4. The maximum absolute atomic E-state index is 12.0. The van der Waals surface area contributed by atoms with Crippen molar-refractivity contribution in [2.75, 3.05) is 6.61 Å². The predicted octanol–water partition coefficient (Wildman–Crippen LogP) is 5.20. The van der Waals surface area contributed by atoms with Crippen molar-refractivity contribution in [2.45, 2.75) is 91.6 Å². The number of allylic oxidation sites excluding steroid dienone is 1. The summed E-state index contributed by atoms with van der Waals surface area (Å²) in [7, 11) is 0. The fourth-order valence-corrected chi connectivity index (χ4v) is 6.81. The van der Waals surface area contributed by atoms with Gasteiger partial charge in [0.05, 0.1) is 12.5 Å². The standard InChI is InChI=1S/C24H36O4/c1-5-7-19(25)27-13-15-8-9-18(24(4)11-6-10-23(2,3)14-24)16-12-17-21(20(15)16)28-22(17)26/h15,17,20-21H,5-14H2,1-4H3/t15?,17-,20?,21-,24+/m1/s1. The number of fused-ring (bicyclic) bond motifs is 3. The van der Waals surface area contributed by atoms with E-state index in [1.54, 1.807) is 5.57 Å². The third-order valence-corrected chi connectivity index (χ3v) is 7.90. The largest absolute Gasteiger partial charge is 0.465 e. The molecule has 0 aromatic rings. The molecule has 4 heteroatoms. The highest BCUT2D eigenvalue weighted by Gasteiger charge is 2.59. The number of ether oxygens (including phenoxy) is 2. The lowest BCUT2D eigenvalue weighted by Gasteiger charge is -2.48. The van der Waals surface area contributed by atoms with Gasteiger partial charge in [0.15, 0.2) is 0 Å². The average Bonchev–Trinajstić information content (AvgIpc) is 2.92. The Morgan fingerprint density at radius 1 is 1.25 bits per heavy atom. The Balaban J connectivity index is 1.59. The van der Waals surface area contributed by atoms with Crippen LogP contribution in [0.3, 0.4) is 0 Å². The van der Waals surface area contributed by atoms with Crippen LogP contribution in [0.5, 0.6) is 0 Å². The third-order valence-electron chi connectivity index (χ3n) is 7.90. The average molecular weight is 389 g/mol. The van der Waals surface area contributed by atoms with Crippen molar-refractivity contribution in [1.82, 2.24) is 0 Å². The number of esters is 2. The second-order valence-corrected chi connectivity index (χ2v) is 10.7. The molecule has 0 N–H and O–H groups in total. The van der Waals surface area contributed by atoms with Crippen LogP contribution in [0.15, 0.2) is 11.1 Å². The Hall–Kier alpha value is -1.32. The molecule has 5 atom stereocenters. The molecule has 1 saturated heterocycles. The summed E-state index contributed by atoms with van der Waals surface area (Å²) in [6.45, 7) is 9.73. The van der Waals surface area contributed by atoms with Crippen molar-refractivity contribution >= 4 is 11.9 Å². The monoisotopic (exact) mass is 388 g/mol. The Kier molecular flexibility index (Phi) is 5.12. The van der Waals surface area contributed by atoms with E-state index in [0.717, 1.165) is 25.7 Å². The zero-order valence-electron chi connectivity index (χ0n) is 18.0. The van der Waals surface area contributed by atoms with Crippen molar-refractivity contribution in [1.29, 1.82) is 0 Å². The van der Waals surface area contributed by atoms with Crippen LogP contribution in [0.1, 0.15) is 85.5 Å². The van der Waals surface area contributed by atoms with Gasteiger partial charge in [-0.1, -0.05) is 45.3 Å². The van der Waals surface area contributed by atoms with Crippen LogP contribution in [-0.2, 0) is 19.1 Å². The molecule has 0 amide bonds. The topological polar surface area (TPSA) is 52.6 Å². The maximum atomic E-state index is 12.0. The van der Waals surface area contributed by atoms with Gasteiger partial charge >= 0.3 is 11.9 Å². The smallest absolute Gasteiger partial charge is 0.313 e. The van der Waals surface area contributed by atoms with Crippen LogP contribution in [-0.4, -0.2) is 24.6 Å². The minimum Gasteiger partial charge on any atom is -0.465 e. The summed E-state index contributed by atoms with van der Waals surface area (Å²) in [6, 6.07) is 0. The van der Waals surface area contributed by atoms with Crippen LogP contribution in [0.2, 0.25) is 0 Å². The highest BCUT2D eigenvalue weighted by Crippen LogP contribution is 2.59. The Morgan fingerprint density at radius 2 is 2.04 bits per heavy atom. The molecule has 2 unspecified atom stereocenters. The minimum atomic E-state index is -0.0973. The molecular formula is C24H36O4. The quantitative estimate of drug-likeness (QED) is 0.479. The minimum absolute atomic E-state index is 0.0212. The van der Waals surface area contributed by atoms with E-state index in [4.69, 9.17) is 9.47 Å². The first-order valence-electron chi connectivity index (χ1n) is 11.3. The molecule has 0 spiro atoms. The molecule has 4 nitrogen and oxygen atoms in total.